The SMILES string of the molecule is CC(C)OC(=O)[C@H](C)NC(=O)C(NC(=O)c1nc(-c2ccc(OC(F)F)c(OCC3CC3)c2)oc1[C@H](C)N)c1ccc(F)cc1F. The van der Waals surface area contributed by atoms with Gasteiger partial charge in [0, 0.05) is 17.2 Å². The first kappa shape index (κ1) is 34.2. The van der Waals surface area contributed by atoms with Gasteiger partial charge in [-0.1, -0.05) is 6.07 Å². The van der Waals surface area contributed by atoms with Crippen molar-refractivity contribution in [3.63, 3.8) is 0 Å². The Kier molecular flexibility index (Phi) is 10.9. The molecule has 3 aromatic rings. The lowest BCUT2D eigenvalue weighted by molar-refractivity contribution is -0.151. The van der Waals surface area contributed by atoms with Gasteiger partial charge < -0.3 is 35.0 Å². The van der Waals surface area contributed by atoms with E-state index in [1.807, 2.05) is 0 Å². The fourth-order valence-corrected chi connectivity index (χ4v) is 4.28. The van der Waals surface area contributed by atoms with Crippen molar-refractivity contribution in [2.75, 3.05) is 6.61 Å². The van der Waals surface area contributed by atoms with E-state index in [1.165, 1.54) is 32.0 Å². The Morgan fingerprint density at radius 3 is 2.35 bits per heavy atom. The standard InChI is InChI=1S/C31H34F4N4O7/c1-14(2)44-30(42)16(4)37-27(40)24(20-9-8-19(32)12-21(20)33)38-28(41)25-26(15(3)36)46-29(39-25)18-7-10-22(45-31(34)35)23(11-18)43-13-17-5-6-17/h7-12,14-17,24,31H,5-6,13,36H2,1-4H3,(H,37,40)(H,38,41)/t15-,16-,24?/m0/s1. The van der Waals surface area contributed by atoms with Crippen LogP contribution in [0.4, 0.5) is 17.6 Å². The van der Waals surface area contributed by atoms with E-state index in [0.29, 0.717) is 12.0 Å². The van der Waals surface area contributed by atoms with Crippen LogP contribution in [0, 0.1) is 17.6 Å². The van der Waals surface area contributed by atoms with E-state index in [2.05, 4.69) is 20.4 Å². The Morgan fingerprint density at radius 2 is 1.74 bits per heavy atom. The van der Waals surface area contributed by atoms with Crippen molar-refractivity contribution >= 4 is 17.8 Å². The minimum Gasteiger partial charge on any atom is -0.489 e. The summed E-state index contributed by atoms with van der Waals surface area (Å²) in [5, 5.41) is 4.73. The van der Waals surface area contributed by atoms with Gasteiger partial charge in [-0.25, -0.2) is 18.6 Å². The minimum atomic E-state index is -3.10. The third kappa shape index (κ3) is 8.74. The molecule has 1 aliphatic rings. The maximum absolute atomic E-state index is 14.9. The van der Waals surface area contributed by atoms with Gasteiger partial charge in [0.25, 0.3) is 5.91 Å². The summed E-state index contributed by atoms with van der Waals surface area (Å²) in [6.45, 7) is 3.23. The van der Waals surface area contributed by atoms with Crippen LogP contribution in [0.3, 0.4) is 0 Å². The number of hydrogen-bond donors (Lipinski definition) is 3. The first-order valence-electron chi connectivity index (χ1n) is 14.5. The molecule has 0 spiro atoms. The predicted octanol–water partition coefficient (Wildman–Crippen LogP) is 4.96. The number of amides is 2. The highest BCUT2D eigenvalue weighted by Gasteiger charge is 2.32. The molecule has 4 rings (SSSR count). The highest BCUT2D eigenvalue weighted by Crippen LogP contribution is 2.37. The summed E-state index contributed by atoms with van der Waals surface area (Å²) in [5.74, 6) is -5.05. The number of halogens is 4. The van der Waals surface area contributed by atoms with Crippen molar-refractivity contribution in [2.45, 2.75) is 71.4 Å². The zero-order chi connectivity index (χ0) is 33.7. The molecule has 2 amide bonds. The molecule has 1 unspecified atom stereocenters. The molecule has 0 aliphatic heterocycles. The number of nitrogens with two attached hydrogens (primary N) is 1. The Labute approximate surface area is 261 Å². The van der Waals surface area contributed by atoms with E-state index < -0.39 is 65.8 Å². The van der Waals surface area contributed by atoms with E-state index in [0.717, 1.165) is 25.0 Å². The molecule has 2 aromatic carbocycles. The Morgan fingerprint density at radius 1 is 1.02 bits per heavy atom. The van der Waals surface area contributed by atoms with Gasteiger partial charge in [-0.2, -0.15) is 8.78 Å². The summed E-state index contributed by atoms with van der Waals surface area (Å²) in [5.41, 5.74) is 5.50. The number of carbonyl (C=O) groups excluding carboxylic acids is 3. The number of carbonyl (C=O) groups is 3. The van der Waals surface area contributed by atoms with Gasteiger partial charge in [0.1, 0.15) is 23.7 Å². The number of nitrogens with zero attached hydrogens (tertiary/aromatic N) is 1. The van der Waals surface area contributed by atoms with E-state index in [-0.39, 0.29) is 41.0 Å². The van der Waals surface area contributed by atoms with Crippen molar-refractivity contribution in [2.24, 2.45) is 11.7 Å². The molecule has 1 saturated carbocycles. The summed E-state index contributed by atoms with van der Waals surface area (Å²) < 4.78 is 75.7. The van der Waals surface area contributed by atoms with Crippen LogP contribution in [-0.4, -0.2) is 48.1 Å². The Hall–Kier alpha value is -4.66. The van der Waals surface area contributed by atoms with Crippen LogP contribution in [0.5, 0.6) is 11.5 Å². The second-order valence-electron chi connectivity index (χ2n) is 11.1. The van der Waals surface area contributed by atoms with Crippen LogP contribution in [0.1, 0.15) is 74.4 Å². The first-order chi connectivity index (χ1) is 21.7. The van der Waals surface area contributed by atoms with E-state index >= 15 is 0 Å². The summed E-state index contributed by atoms with van der Waals surface area (Å²) in [4.78, 5) is 43.4. The molecule has 0 bridgehead atoms. The number of aromatic nitrogens is 1. The molecule has 3 atom stereocenters. The lowest BCUT2D eigenvalue weighted by Gasteiger charge is -2.22. The minimum absolute atomic E-state index is 0.00452. The van der Waals surface area contributed by atoms with Crippen LogP contribution in [0.2, 0.25) is 0 Å². The summed E-state index contributed by atoms with van der Waals surface area (Å²) in [7, 11) is 0. The normalized spacial score (nSPS) is 14.8. The van der Waals surface area contributed by atoms with Gasteiger partial charge in [-0.15, -0.1) is 0 Å². The van der Waals surface area contributed by atoms with Crippen LogP contribution in [0.25, 0.3) is 11.5 Å². The van der Waals surface area contributed by atoms with E-state index in [4.69, 9.17) is 19.6 Å². The van der Waals surface area contributed by atoms with Crippen LogP contribution < -0.4 is 25.8 Å². The van der Waals surface area contributed by atoms with Crippen molar-refractivity contribution < 1.29 is 50.6 Å². The molecule has 0 radical (unpaired) electrons. The molecule has 0 saturated heterocycles. The van der Waals surface area contributed by atoms with Crippen molar-refractivity contribution in [3.05, 3.63) is 65.1 Å². The maximum atomic E-state index is 14.9. The van der Waals surface area contributed by atoms with Gasteiger partial charge in [0.2, 0.25) is 11.8 Å². The van der Waals surface area contributed by atoms with Gasteiger partial charge in [0.15, 0.2) is 23.0 Å². The van der Waals surface area contributed by atoms with Gasteiger partial charge >= 0.3 is 12.6 Å². The topological polar surface area (TPSA) is 155 Å². The van der Waals surface area contributed by atoms with Crippen molar-refractivity contribution in [1.29, 1.82) is 0 Å². The molecular formula is C31H34F4N4O7. The third-order valence-corrected chi connectivity index (χ3v) is 6.74. The predicted molar refractivity (Wildman–Crippen MR) is 155 cm³/mol. The van der Waals surface area contributed by atoms with Crippen LogP contribution in [0.15, 0.2) is 40.8 Å². The van der Waals surface area contributed by atoms with Gasteiger partial charge in [0.05, 0.1) is 18.8 Å². The molecule has 1 aliphatic carbocycles. The average Bonchev–Trinajstić information content (AvgIpc) is 3.69. The number of hydrogen-bond acceptors (Lipinski definition) is 9. The summed E-state index contributed by atoms with van der Waals surface area (Å²) in [6.07, 6.45) is 1.41. The molecule has 4 N–H and O–H groups in total. The summed E-state index contributed by atoms with van der Waals surface area (Å²) in [6, 6.07) is 2.50. The van der Waals surface area contributed by atoms with Gasteiger partial charge in [-0.3, -0.25) is 9.59 Å². The lowest BCUT2D eigenvalue weighted by atomic mass is 10.0. The van der Waals surface area contributed by atoms with Crippen molar-refractivity contribution in [3.8, 4) is 23.0 Å². The highest BCUT2D eigenvalue weighted by molar-refractivity contribution is 5.98. The quantitative estimate of drug-likeness (QED) is 0.162. The fraction of sp³-hybridized carbons (Fsp3) is 0.419. The molecule has 1 heterocycles. The van der Waals surface area contributed by atoms with E-state index in [9.17, 15) is 31.9 Å². The van der Waals surface area contributed by atoms with Gasteiger partial charge in [-0.05, 0) is 70.7 Å². The van der Waals surface area contributed by atoms with Crippen LogP contribution in [-0.2, 0) is 14.3 Å². The van der Waals surface area contributed by atoms with Crippen molar-refractivity contribution in [1.82, 2.24) is 15.6 Å². The highest BCUT2D eigenvalue weighted by atomic mass is 19.3. The Bertz CT molecular complexity index is 1580. The number of benzene rings is 2. The number of nitrogens with one attached hydrogen (secondary N) is 2. The third-order valence-electron chi connectivity index (χ3n) is 6.74. The maximum Gasteiger partial charge on any atom is 0.387 e. The fourth-order valence-electron chi connectivity index (χ4n) is 4.28. The molecule has 11 nitrogen and oxygen atoms in total. The monoisotopic (exact) mass is 650 g/mol. The zero-order valence-corrected chi connectivity index (χ0v) is 25.4. The second kappa shape index (κ2) is 14.6. The Balaban J connectivity index is 1.66. The average molecular weight is 651 g/mol. The number of ether oxygens (including phenoxy) is 3. The molecule has 1 aromatic heterocycles. The molecule has 1 fully saturated rings. The number of rotatable bonds is 14. The lowest BCUT2D eigenvalue weighted by Crippen LogP contribution is -2.47. The smallest absolute Gasteiger partial charge is 0.387 e. The molecule has 46 heavy (non-hydrogen) atoms. The first-order valence-corrected chi connectivity index (χ1v) is 14.5. The second-order valence-corrected chi connectivity index (χ2v) is 11.1. The molecular weight excluding hydrogens is 616 g/mol. The van der Waals surface area contributed by atoms with E-state index in [1.54, 1.807) is 13.8 Å². The largest absolute Gasteiger partial charge is 0.489 e. The molecule has 15 heteroatoms. The summed E-state index contributed by atoms with van der Waals surface area (Å²) >= 11 is 0. The zero-order valence-electron chi connectivity index (χ0n) is 25.4. The number of esters is 1. The number of alkyl halides is 2. The van der Waals surface area contributed by atoms with Crippen LogP contribution >= 0.6 is 0 Å². The number of oxazole rings is 1. The molecule has 248 valence electrons.